The second-order valence-corrected chi connectivity index (χ2v) is 5.96. The third-order valence-corrected chi connectivity index (χ3v) is 4.55. The van der Waals surface area contributed by atoms with E-state index in [1.165, 1.54) is 12.8 Å². The molecule has 3 aliphatic heterocycles. The predicted octanol–water partition coefficient (Wildman–Crippen LogP) is 2.43. The van der Waals surface area contributed by atoms with Gasteiger partial charge >= 0.3 is 0 Å². The molecular weight excluding hydrogens is 205 g/mol. The van der Waals surface area contributed by atoms with Crippen molar-refractivity contribution < 1.29 is 9.13 Å². The Balaban J connectivity index is 1.60. The topological polar surface area (TPSA) is 21.3 Å². The van der Waals surface area contributed by atoms with Crippen molar-refractivity contribution in [1.29, 1.82) is 0 Å². The zero-order chi connectivity index (χ0) is 11.0. The number of nitrogens with one attached hydrogen (secondary N) is 1. The number of hydrogen-bond acceptors (Lipinski definition) is 2. The number of piperidine rings is 1. The lowest BCUT2D eigenvalue weighted by molar-refractivity contribution is 0.0153. The highest BCUT2D eigenvalue weighted by molar-refractivity contribution is 5.00. The van der Waals surface area contributed by atoms with E-state index in [9.17, 15) is 4.39 Å². The van der Waals surface area contributed by atoms with Crippen LogP contribution in [0.3, 0.4) is 0 Å². The van der Waals surface area contributed by atoms with E-state index in [-0.39, 0.29) is 0 Å². The normalized spacial score (nSPS) is 44.8. The second-order valence-electron chi connectivity index (χ2n) is 5.96. The van der Waals surface area contributed by atoms with Crippen LogP contribution in [0.25, 0.3) is 0 Å². The van der Waals surface area contributed by atoms with Crippen LogP contribution in [0, 0.1) is 5.92 Å². The van der Waals surface area contributed by atoms with Crippen molar-refractivity contribution in [2.24, 2.45) is 5.92 Å². The number of ether oxygens (including phenoxy) is 1. The summed E-state index contributed by atoms with van der Waals surface area (Å²) >= 11 is 0. The van der Waals surface area contributed by atoms with Gasteiger partial charge in [-0.1, -0.05) is 0 Å². The number of rotatable bonds is 2. The summed E-state index contributed by atoms with van der Waals surface area (Å²) in [5, 5.41) is 3.52. The molecule has 1 N–H and O–H groups in total. The van der Waals surface area contributed by atoms with E-state index in [1.807, 2.05) is 0 Å². The van der Waals surface area contributed by atoms with E-state index in [4.69, 9.17) is 4.74 Å². The van der Waals surface area contributed by atoms with Crippen LogP contribution >= 0.6 is 0 Å². The van der Waals surface area contributed by atoms with E-state index >= 15 is 0 Å². The summed E-state index contributed by atoms with van der Waals surface area (Å²) in [5.41, 5.74) is -0.876. The molecule has 3 fully saturated rings. The fourth-order valence-electron chi connectivity index (χ4n) is 3.83. The van der Waals surface area contributed by atoms with Crippen molar-refractivity contribution in [3.8, 4) is 0 Å². The fraction of sp³-hybridized carbons (Fsp3) is 1.00. The molecule has 0 amide bonds. The average Bonchev–Trinajstić information content (AvgIpc) is 2.59. The van der Waals surface area contributed by atoms with Crippen molar-refractivity contribution >= 4 is 0 Å². The van der Waals surface area contributed by atoms with Crippen molar-refractivity contribution in [1.82, 2.24) is 5.32 Å². The van der Waals surface area contributed by atoms with E-state index in [0.29, 0.717) is 18.0 Å². The van der Waals surface area contributed by atoms with Crippen molar-refractivity contribution in [3.63, 3.8) is 0 Å². The minimum Gasteiger partial charge on any atom is -0.381 e. The standard InChI is InChI=1S/C13H22FNO/c14-13(7-10-3-5-16-6-4-10)8-11-1-2-12(9-13)15-11/h10-12,15H,1-9H2. The lowest BCUT2D eigenvalue weighted by atomic mass is 9.79. The smallest absolute Gasteiger partial charge is 0.114 e. The predicted molar refractivity (Wildman–Crippen MR) is 61.2 cm³/mol. The Morgan fingerprint density at radius 1 is 1.06 bits per heavy atom. The maximum atomic E-state index is 14.8. The first-order chi connectivity index (χ1) is 7.73. The maximum absolute atomic E-state index is 14.8. The summed E-state index contributed by atoms with van der Waals surface area (Å²) in [4.78, 5) is 0. The molecule has 0 aromatic carbocycles. The first-order valence-electron chi connectivity index (χ1n) is 6.76. The van der Waals surface area contributed by atoms with Gasteiger partial charge < -0.3 is 10.1 Å². The summed E-state index contributed by atoms with van der Waals surface area (Å²) in [7, 11) is 0. The van der Waals surface area contributed by atoms with Gasteiger partial charge in [-0.3, -0.25) is 0 Å². The average molecular weight is 227 g/mol. The Morgan fingerprint density at radius 2 is 1.69 bits per heavy atom. The van der Waals surface area contributed by atoms with Gasteiger partial charge in [-0.05, 0) is 50.9 Å². The van der Waals surface area contributed by atoms with Gasteiger partial charge in [0.1, 0.15) is 5.67 Å². The van der Waals surface area contributed by atoms with Crippen LogP contribution in [-0.2, 0) is 4.74 Å². The van der Waals surface area contributed by atoms with E-state index in [0.717, 1.165) is 45.3 Å². The van der Waals surface area contributed by atoms with Crippen LogP contribution in [0.5, 0.6) is 0 Å². The Bertz CT molecular complexity index is 240. The molecule has 0 spiro atoms. The Kier molecular flexibility index (Phi) is 2.92. The van der Waals surface area contributed by atoms with Gasteiger partial charge in [0.2, 0.25) is 0 Å². The molecule has 3 saturated heterocycles. The molecule has 92 valence electrons. The van der Waals surface area contributed by atoms with E-state index < -0.39 is 5.67 Å². The van der Waals surface area contributed by atoms with E-state index in [1.54, 1.807) is 0 Å². The first kappa shape index (κ1) is 11.0. The number of fused-ring (bicyclic) bond motifs is 2. The molecular formula is C13H22FNO. The summed E-state index contributed by atoms with van der Waals surface area (Å²) in [6.45, 7) is 1.68. The fourth-order valence-corrected chi connectivity index (χ4v) is 3.83. The zero-order valence-corrected chi connectivity index (χ0v) is 9.88. The highest BCUT2D eigenvalue weighted by atomic mass is 19.1. The number of hydrogen-bond donors (Lipinski definition) is 1. The SMILES string of the molecule is FC1(CC2CCOCC2)CC2CCC(C1)N2. The van der Waals surface area contributed by atoms with Crippen LogP contribution in [0.1, 0.15) is 44.9 Å². The van der Waals surface area contributed by atoms with Gasteiger partial charge in [-0.25, -0.2) is 4.39 Å². The van der Waals surface area contributed by atoms with Crippen LogP contribution in [0.4, 0.5) is 4.39 Å². The molecule has 3 rings (SSSR count). The summed E-state index contributed by atoms with van der Waals surface area (Å²) in [6, 6.07) is 0.923. The molecule has 0 aromatic rings. The highest BCUT2D eigenvalue weighted by Gasteiger charge is 2.44. The maximum Gasteiger partial charge on any atom is 0.114 e. The molecule has 16 heavy (non-hydrogen) atoms. The quantitative estimate of drug-likeness (QED) is 0.782. The molecule has 0 radical (unpaired) electrons. The molecule has 3 heterocycles. The van der Waals surface area contributed by atoms with Gasteiger partial charge in [-0.2, -0.15) is 0 Å². The van der Waals surface area contributed by atoms with Crippen LogP contribution < -0.4 is 5.32 Å². The third kappa shape index (κ3) is 2.25. The number of halogens is 1. The molecule has 2 nitrogen and oxygen atoms in total. The molecule has 3 aliphatic rings. The van der Waals surface area contributed by atoms with Gasteiger partial charge in [-0.15, -0.1) is 0 Å². The highest BCUT2D eigenvalue weighted by Crippen LogP contribution is 2.42. The number of alkyl halides is 1. The summed E-state index contributed by atoms with van der Waals surface area (Å²) in [5.74, 6) is 0.566. The minimum absolute atomic E-state index is 0.462. The minimum atomic E-state index is -0.876. The van der Waals surface area contributed by atoms with Gasteiger partial charge in [0.15, 0.2) is 0 Å². The summed E-state index contributed by atoms with van der Waals surface area (Å²) in [6.07, 6.45) is 6.78. The largest absolute Gasteiger partial charge is 0.381 e. The monoisotopic (exact) mass is 227 g/mol. The molecule has 2 bridgehead atoms. The molecule has 0 aromatic heterocycles. The first-order valence-corrected chi connectivity index (χ1v) is 6.76. The lowest BCUT2D eigenvalue weighted by Gasteiger charge is -2.38. The van der Waals surface area contributed by atoms with Crippen LogP contribution in [0.2, 0.25) is 0 Å². The van der Waals surface area contributed by atoms with Crippen molar-refractivity contribution in [2.45, 2.75) is 62.7 Å². The zero-order valence-electron chi connectivity index (χ0n) is 9.88. The van der Waals surface area contributed by atoms with Gasteiger partial charge in [0, 0.05) is 25.3 Å². The molecule has 2 unspecified atom stereocenters. The Hall–Kier alpha value is -0.150. The molecule has 0 aliphatic carbocycles. The van der Waals surface area contributed by atoms with Crippen LogP contribution in [0.15, 0.2) is 0 Å². The van der Waals surface area contributed by atoms with Crippen molar-refractivity contribution in [3.05, 3.63) is 0 Å². The molecule has 0 saturated carbocycles. The van der Waals surface area contributed by atoms with Gasteiger partial charge in [0.25, 0.3) is 0 Å². The molecule has 3 heteroatoms. The second kappa shape index (κ2) is 4.26. The third-order valence-electron chi connectivity index (χ3n) is 4.55. The Morgan fingerprint density at radius 3 is 2.31 bits per heavy atom. The summed E-state index contributed by atoms with van der Waals surface area (Å²) < 4.78 is 20.2. The van der Waals surface area contributed by atoms with Crippen molar-refractivity contribution in [2.75, 3.05) is 13.2 Å². The molecule has 2 atom stereocenters. The Labute approximate surface area is 96.9 Å². The van der Waals surface area contributed by atoms with E-state index in [2.05, 4.69) is 5.32 Å². The van der Waals surface area contributed by atoms with Gasteiger partial charge in [0.05, 0.1) is 0 Å². The van der Waals surface area contributed by atoms with Crippen LogP contribution in [-0.4, -0.2) is 31.0 Å². The lowest BCUT2D eigenvalue weighted by Crippen LogP contribution is -2.47.